The van der Waals surface area contributed by atoms with Gasteiger partial charge in [0.25, 0.3) is 0 Å². The summed E-state index contributed by atoms with van der Waals surface area (Å²) < 4.78 is 11.1. The first kappa shape index (κ1) is 14.1. The van der Waals surface area contributed by atoms with Crippen molar-refractivity contribution >= 4 is 5.82 Å². The highest BCUT2D eigenvalue weighted by molar-refractivity contribution is 5.45. The second-order valence-corrected chi connectivity index (χ2v) is 4.34. The molecule has 0 spiro atoms. The summed E-state index contributed by atoms with van der Waals surface area (Å²) in [5.74, 6) is 2.78. The van der Waals surface area contributed by atoms with E-state index in [0.29, 0.717) is 35.4 Å². The molecule has 0 radical (unpaired) electrons. The molecule has 0 unspecified atom stereocenters. The second kappa shape index (κ2) is 6.23. The Hall–Kier alpha value is -2.30. The summed E-state index contributed by atoms with van der Waals surface area (Å²) in [6.45, 7) is 4.06. The largest absolute Gasteiger partial charge is 0.493 e. The summed E-state index contributed by atoms with van der Waals surface area (Å²) in [5.41, 5.74) is 6.93. The monoisotopic (exact) mass is 273 g/mol. The van der Waals surface area contributed by atoms with Crippen LogP contribution in [0.5, 0.6) is 17.4 Å². The summed E-state index contributed by atoms with van der Waals surface area (Å²) >= 11 is 0. The number of hydrogen-bond acceptors (Lipinski definition) is 5. The highest BCUT2D eigenvalue weighted by atomic mass is 16.5. The van der Waals surface area contributed by atoms with Crippen LogP contribution in [0.15, 0.2) is 24.3 Å². The molecule has 106 valence electrons. The van der Waals surface area contributed by atoms with Crippen molar-refractivity contribution in [2.75, 3.05) is 12.8 Å². The molecule has 2 rings (SSSR count). The topological polar surface area (TPSA) is 70.3 Å². The second-order valence-electron chi connectivity index (χ2n) is 4.34. The van der Waals surface area contributed by atoms with E-state index in [1.54, 1.807) is 13.2 Å². The molecule has 0 aliphatic carbocycles. The van der Waals surface area contributed by atoms with Crippen LogP contribution < -0.4 is 15.2 Å². The van der Waals surface area contributed by atoms with Crippen LogP contribution in [0.1, 0.15) is 25.2 Å². The Morgan fingerprint density at radius 2 is 1.85 bits per heavy atom. The van der Waals surface area contributed by atoms with Gasteiger partial charge in [0.2, 0.25) is 5.88 Å². The van der Waals surface area contributed by atoms with Crippen LogP contribution in [0.25, 0.3) is 0 Å². The fourth-order valence-electron chi connectivity index (χ4n) is 1.83. The number of ether oxygens (including phenoxy) is 2. The van der Waals surface area contributed by atoms with E-state index in [0.717, 1.165) is 6.42 Å². The summed E-state index contributed by atoms with van der Waals surface area (Å²) in [6, 6.07) is 7.44. The van der Waals surface area contributed by atoms with Gasteiger partial charge in [0.15, 0.2) is 11.5 Å². The fraction of sp³-hybridized carbons (Fsp3) is 0.333. The number of benzene rings is 1. The maximum Gasteiger partial charge on any atom is 0.224 e. The number of rotatable bonds is 5. The molecule has 0 atom stereocenters. The normalized spacial score (nSPS) is 10.3. The maximum absolute atomic E-state index is 5.77. The van der Waals surface area contributed by atoms with Gasteiger partial charge in [-0.15, -0.1) is 0 Å². The number of anilines is 1. The van der Waals surface area contributed by atoms with Crippen molar-refractivity contribution in [3.05, 3.63) is 35.7 Å². The maximum atomic E-state index is 5.77. The third-order valence-electron chi connectivity index (χ3n) is 2.94. The van der Waals surface area contributed by atoms with Crippen LogP contribution in [-0.2, 0) is 12.8 Å². The molecular formula is C15H19N3O2. The molecule has 2 N–H and O–H groups in total. The number of aryl methyl sites for hydroxylation is 2. The van der Waals surface area contributed by atoms with E-state index >= 15 is 0 Å². The lowest BCUT2D eigenvalue weighted by Gasteiger charge is -2.11. The molecule has 0 fully saturated rings. The summed E-state index contributed by atoms with van der Waals surface area (Å²) in [4.78, 5) is 8.42. The summed E-state index contributed by atoms with van der Waals surface area (Å²) in [7, 11) is 1.62. The van der Waals surface area contributed by atoms with Crippen molar-refractivity contribution < 1.29 is 9.47 Å². The zero-order valence-corrected chi connectivity index (χ0v) is 12.0. The lowest BCUT2D eigenvalue weighted by atomic mass is 10.1. The van der Waals surface area contributed by atoms with E-state index in [4.69, 9.17) is 15.2 Å². The molecule has 0 aliphatic heterocycles. The Bertz CT molecular complexity index is 600. The molecule has 0 aliphatic rings. The van der Waals surface area contributed by atoms with Crippen LogP contribution in [0.3, 0.4) is 0 Å². The highest BCUT2D eigenvalue weighted by Crippen LogP contribution is 2.32. The van der Waals surface area contributed by atoms with Crippen molar-refractivity contribution in [1.82, 2.24) is 9.97 Å². The van der Waals surface area contributed by atoms with Crippen LogP contribution in [0.4, 0.5) is 5.82 Å². The molecule has 0 saturated heterocycles. The predicted molar refractivity (Wildman–Crippen MR) is 78.3 cm³/mol. The van der Waals surface area contributed by atoms with Crippen molar-refractivity contribution in [2.45, 2.75) is 26.7 Å². The average Bonchev–Trinajstić information content (AvgIpc) is 2.47. The number of aromatic nitrogens is 2. The first-order valence-electron chi connectivity index (χ1n) is 6.64. The first-order valence-corrected chi connectivity index (χ1v) is 6.64. The molecule has 20 heavy (non-hydrogen) atoms. The van der Waals surface area contributed by atoms with E-state index < -0.39 is 0 Å². The number of hydrogen-bond donors (Lipinski definition) is 1. The highest BCUT2D eigenvalue weighted by Gasteiger charge is 2.09. The van der Waals surface area contributed by atoms with Crippen LogP contribution in [0, 0.1) is 0 Å². The van der Waals surface area contributed by atoms with Crippen molar-refractivity contribution in [3.63, 3.8) is 0 Å². The van der Waals surface area contributed by atoms with Gasteiger partial charge in [0.05, 0.1) is 7.11 Å². The van der Waals surface area contributed by atoms with E-state index in [2.05, 4.69) is 16.9 Å². The summed E-state index contributed by atoms with van der Waals surface area (Å²) in [5, 5.41) is 0. The number of nitrogen functional groups attached to an aromatic ring is 1. The van der Waals surface area contributed by atoms with Gasteiger partial charge in [0, 0.05) is 12.5 Å². The van der Waals surface area contributed by atoms with Gasteiger partial charge in [-0.25, -0.2) is 4.98 Å². The molecule has 0 saturated carbocycles. The van der Waals surface area contributed by atoms with Gasteiger partial charge >= 0.3 is 0 Å². The standard InChI is InChI=1S/C15H19N3O2/c1-4-10-6-7-11(12(8-10)19-3)20-15-9-13(16)17-14(5-2)18-15/h6-9H,4-5H2,1-3H3,(H2,16,17,18). The van der Waals surface area contributed by atoms with E-state index in [1.807, 2.05) is 25.1 Å². The Balaban J connectivity index is 2.31. The number of nitrogens with zero attached hydrogens (tertiary/aromatic N) is 2. The van der Waals surface area contributed by atoms with Gasteiger partial charge in [-0.3, -0.25) is 0 Å². The van der Waals surface area contributed by atoms with Crippen LogP contribution in [-0.4, -0.2) is 17.1 Å². The third kappa shape index (κ3) is 3.17. The van der Waals surface area contributed by atoms with Crippen molar-refractivity contribution in [2.24, 2.45) is 0 Å². The molecule has 2 aromatic rings. The van der Waals surface area contributed by atoms with Crippen molar-refractivity contribution in [3.8, 4) is 17.4 Å². The Morgan fingerprint density at radius 3 is 2.50 bits per heavy atom. The third-order valence-corrected chi connectivity index (χ3v) is 2.94. The lowest BCUT2D eigenvalue weighted by Crippen LogP contribution is -2.01. The van der Waals surface area contributed by atoms with Crippen molar-refractivity contribution in [1.29, 1.82) is 0 Å². The minimum absolute atomic E-state index is 0.399. The van der Waals surface area contributed by atoms with Gasteiger partial charge in [-0.05, 0) is 24.1 Å². The Kier molecular flexibility index (Phi) is 4.40. The minimum Gasteiger partial charge on any atom is -0.493 e. The summed E-state index contributed by atoms with van der Waals surface area (Å²) in [6.07, 6.45) is 1.64. The Morgan fingerprint density at radius 1 is 1.05 bits per heavy atom. The molecular weight excluding hydrogens is 254 g/mol. The predicted octanol–water partition coefficient (Wildman–Crippen LogP) is 2.98. The SMILES string of the molecule is CCc1ccc(Oc2cc(N)nc(CC)n2)c(OC)c1. The zero-order chi connectivity index (χ0) is 14.5. The zero-order valence-electron chi connectivity index (χ0n) is 12.0. The average molecular weight is 273 g/mol. The smallest absolute Gasteiger partial charge is 0.224 e. The molecule has 1 aromatic carbocycles. The van der Waals surface area contributed by atoms with E-state index in [9.17, 15) is 0 Å². The molecule has 5 heteroatoms. The van der Waals surface area contributed by atoms with Gasteiger partial charge in [-0.1, -0.05) is 19.9 Å². The molecule has 5 nitrogen and oxygen atoms in total. The van der Waals surface area contributed by atoms with Gasteiger partial charge in [-0.2, -0.15) is 4.98 Å². The quantitative estimate of drug-likeness (QED) is 0.906. The van der Waals surface area contributed by atoms with Gasteiger partial charge in [0.1, 0.15) is 11.6 Å². The molecule has 0 bridgehead atoms. The van der Waals surface area contributed by atoms with Crippen LogP contribution in [0.2, 0.25) is 0 Å². The number of methoxy groups -OCH3 is 1. The van der Waals surface area contributed by atoms with E-state index in [1.165, 1.54) is 5.56 Å². The molecule has 1 aromatic heterocycles. The van der Waals surface area contributed by atoms with Crippen LogP contribution >= 0.6 is 0 Å². The fourth-order valence-corrected chi connectivity index (χ4v) is 1.83. The Labute approximate surface area is 118 Å². The minimum atomic E-state index is 0.399. The first-order chi connectivity index (χ1) is 9.66. The number of nitrogens with two attached hydrogens (primary N) is 1. The van der Waals surface area contributed by atoms with E-state index in [-0.39, 0.29) is 0 Å². The lowest BCUT2D eigenvalue weighted by molar-refractivity contribution is 0.373. The molecule has 1 heterocycles. The molecule has 0 amide bonds. The van der Waals surface area contributed by atoms with Gasteiger partial charge < -0.3 is 15.2 Å².